The summed E-state index contributed by atoms with van der Waals surface area (Å²) < 4.78 is 5.65. The van der Waals surface area contributed by atoms with Gasteiger partial charge in [0.15, 0.2) is 0 Å². The van der Waals surface area contributed by atoms with Crippen molar-refractivity contribution in [3.8, 4) is 0 Å². The molecule has 0 saturated heterocycles. The van der Waals surface area contributed by atoms with Gasteiger partial charge in [0.2, 0.25) is 0 Å². The molecule has 1 nitrogen and oxygen atoms in total. The molecule has 26 heavy (non-hydrogen) atoms. The van der Waals surface area contributed by atoms with Crippen LogP contribution in [-0.4, -0.2) is 6.61 Å². The summed E-state index contributed by atoms with van der Waals surface area (Å²) in [6, 6.07) is 9.27. The highest BCUT2D eigenvalue weighted by Gasteiger charge is 2.30. The van der Waals surface area contributed by atoms with Gasteiger partial charge in [0, 0.05) is 6.61 Å². The average Bonchev–Trinajstić information content (AvgIpc) is 2.70. The summed E-state index contributed by atoms with van der Waals surface area (Å²) in [5.41, 5.74) is 2.87. The Labute approximate surface area is 161 Å². The van der Waals surface area contributed by atoms with Crippen molar-refractivity contribution in [1.82, 2.24) is 0 Å². The van der Waals surface area contributed by atoms with Crippen molar-refractivity contribution in [3.05, 3.63) is 48.0 Å². The van der Waals surface area contributed by atoms with E-state index in [0.29, 0.717) is 0 Å². The van der Waals surface area contributed by atoms with E-state index in [1.807, 2.05) is 0 Å². The second-order valence-electron chi connectivity index (χ2n) is 8.71. The molecule has 2 aliphatic rings. The highest BCUT2D eigenvalue weighted by atomic mass is 16.5. The Hall–Kier alpha value is -1.08. The lowest BCUT2D eigenvalue weighted by Crippen LogP contribution is -2.25. The monoisotopic (exact) mass is 354 g/mol. The molecule has 0 unspecified atom stereocenters. The number of hydrogen-bond donors (Lipinski definition) is 0. The van der Waals surface area contributed by atoms with Gasteiger partial charge in [0.05, 0.1) is 6.61 Å². The molecule has 2 fully saturated rings. The zero-order chi connectivity index (χ0) is 18.2. The van der Waals surface area contributed by atoms with Crippen LogP contribution in [-0.2, 0) is 11.3 Å². The number of allylic oxidation sites excluding steroid dienone is 1. The highest BCUT2D eigenvalue weighted by Crippen LogP contribution is 2.44. The highest BCUT2D eigenvalue weighted by molar-refractivity contribution is 5.25. The first-order valence-electron chi connectivity index (χ1n) is 11.1. The molecule has 2 aliphatic carbocycles. The van der Waals surface area contributed by atoms with Crippen molar-refractivity contribution in [2.24, 2.45) is 17.8 Å². The van der Waals surface area contributed by atoms with E-state index < -0.39 is 0 Å². The molecule has 0 heterocycles. The maximum absolute atomic E-state index is 5.65. The first kappa shape index (κ1) is 19.7. The van der Waals surface area contributed by atoms with Crippen LogP contribution in [0.5, 0.6) is 0 Å². The predicted octanol–water partition coefficient (Wildman–Crippen LogP) is 7.27. The average molecular weight is 355 g/mol. The van der Waals surface area contributed by atoms with Gasteiger partial charge >= 0.3 is 0 Å². The predicted molar refractivity (Wildman–Crippen MR) is 111 cm³/mol. The summed E-state index contributed by atoms with van der Waals surface area (Å²) in [7, 11) is 0. The van der Waals surface area contributed by atoms with Gasteiger partial charge in [-0.05, 0) is 99.0 Å². The molecule has 144 valence electrons. The Morgan fingerprint density at radius 1 is 0.923 bits per heavy atom. The van der Waals surface area contributed by atoms with Gasteiger partial charge in [0.25, 0.3) is 0 Å². The molecular weight excluding hydrogens is 316 g/mol. The molecule has 3 rings (SSSR count). The minimum absolute atomic E-state index is 0.759. The van der Waals surface area contributed by atoms with E-state index in [4.69, 9.17) is 4.74 Å². The van der Waals surface area contributed by atoms with Crippen LogP contribution >= 0.6 is 0 Å². The summed E-state index contributed by atoms with van der Waals surface area (Å²) in [5, 5.41) is 0. The molecule has 0 atom stereocenters. The molecule has 0 aliphatic heterocycles. The van der Waals surface area contributed by atoms with Crippen molar-refractivity contribution < 1.29 is 4.74 Å². The van der Waals surface area contributed by atoms with Crippen LogP contribution in [0.4, 0.5) is 0 Å². The van der Waals surface area contributed by atoms with Crippen LogP contribution in [0.3, 0.4) is 0 Å². The normalized spacial score (nSPS) is 29.4. The van der Waals surface area contributed by atoms with Crippen LogP contribution in [0.15, 0.2) is 36.9 Å². The lowest BCUT2D eigenvalue weighted by atomic mass is 9.68. The zero-order valence-corrected chi connectivity index (χ0v) is 16.8. The van der Waals surface area contributed by atoms with E-state index >= 15 is 0 Å². The maximum Gasteiger partial charge on any atom is 0.0716 e. The second-order valence-corrected chi connectivity index (χ2v) is 8.71. The van der Waals surface area contributed by atoms with Crippen LogP contribution in [0.2, 0.25) is 0 Å². The molecule has 0 amide bonds. The van der Waals surface area contributed by atoms with Crippen LogP contribution < -0.4 is 0 Å². The first-order valence-corrected chi connectivity index (χ1v) is 11.1. The first-order chi connectivity index (χ1) is 12.8. The molecule has 0 radical (unpaired) electrons. The summed E-state index contributed by atoms with van der Waals surface area (Å²) in [4.78, 5) is 0. The van der Waals surface area contributed by atoms with E-state index in [9.17, 15) is 0 Å². The maximum atomic E-state index is 5.65. The molecule has 0 bridgehead atoms. The number of hydrogen-bond acceptors (Lipinski definition) is 1. The Balaban J connectivity index is 1.43. The van der Waals surface area contributed by atoms with Crippen LogP contribution in [0.25, 0.3) is 0 Å². The summed E-state index contributed by atoms with van der Waals surface area (Å²) in [5.74, 6) is 3.72. The lowest BCUT2D eigenvalue weighted by molar-refractivity contribution is 0.121. The van der Waals surface area contributed by atoms with Gasteiger partial charge in [-0.25, -0.2) is 0 Å². The molecule has 1 aromatic rings. The van der Waals surface area contributed by atoms with Gasteiger partial charge in [-0.15, -0.1) is 6.58 Å². The fraction of sp³-hybridized carbons (Fsp3) is 0.680. The minimum atomic E-state index is 0.759. The SMILES string of the molecule is C=CC[C@H]1CC[C@H]([C@H]2CC[C@H](c3ccc(COCCC)cc3)CC2)CC1. The number of ether oxygens (including phenoxy) is 1. The molecule has 1 aromatic carbocycles. The van der Waals surface area contributed by atoms with E-state index in [2.05, 4.69) is 43.8 Å². The van der Waals surface area contributed by atoms with Crippen molar-refractivity contribution in [2.75, 3.05) is 6.61 Å². The quantitative estimate of drug-likeness (QED) is 0.352. The summed E-state index contributed by atoms with van der Waals surface area (Å²) in [6.45, 7) is 7.70. The van der Waals surface area contributed by atoms with Gasteiger partial charge < -0.3 is 4.74 Å². The second kappa shape index (κ2) is 10.3. The lowest BCUT2D eigenvalue weighted by Gasteiger charge is -2.38. The zero-order valence-electron chi connectivity index (χ0n) is 16.8. The summed E-state index contributed by atoms with van der Waals surface area (Å²) >= 11 is 0. The van der Waals surface area contributed by atoms with Crippen molar-refractivity contribution >= 4 is 0 Å². The Morgan fingerprint density at radius 2 is 1.54 bits per heavy atom. The van der Waals surface area contributed by atoms with Crippen LogP contribution in [0.1, 0.15) is 88.2 Å². The molecule has 1 heteroatoms. The Kier molecular flexibility index (Phi) is 7.80. The van der Waals surface area contributed by atoms with Gasteiger partial charge in [-0.1, -0.05) is 37.3 Å². The third kappa shape index (κ3) is 5.46. The standard InChI is InChI=1S/C25H38O/c1-3-5-20-6-10-22(11-7-20)24-14-16-25(17-15-24)23-12-8-21(9-13-23)19-26-18-4-2/h3,8-9,12-13,20,22,24-25H,1,4-7,10-11,14-19H2,2H3/t20-,22-,24-,25-. The van der Waals surface area contributed by atoms with E-state index in [1.54, 1.807) is 5.56 Å². The Bertz CT molecular complexity index is 516. The third-order valence-electron chi connectivity index (χ3n) is 6.90. The fourth-order valence-electron chi connectivity index (χ4n) is 5.28. The van der Waals surface area contributed by atoms with Crippen LogP contribution in [0, 0.1) is 17.8 Å². The molecular formula is C25H38O. The van der Waals surface area contributed by atoms with E-state index in [1.165, 1.54) is 63.4 Å². The van der Waals surface area contributed by atoms with Crippen molar-refractivity contribution in [3.63, 3.8) is 0 Å². The van der Waals surface area contributed by atoms with E-state index in [0.717, 1.165) is 43.3 Å². The van der Waals surface area contributed by atoms with Gasteiger partial charge in [0.1, 0.15) is 0 Å². The Morgan fingerprint density at radius 3 is 2.12 bits per heavy atom. The molecule has 0 N–H and O–H groups in total. The molecule has 2 saturated carbocycles. The molecule has 0 aromatic heterocycles. The topological polar surface area (TPSA) is 9.23 Å². The minimum Gasteiger partial charge on any atom is -0.377 e. The fourth-order valence-corrected chi connectivity index (χ4v) is 5.28. The van der Waals surface area contributed by atoms with E-state index in [-0.39, 0.29) is 0 Å². The number of benzene rings is 1. The number of rotatable bonds is 8. The summed E-state index contributed by atoms with van der Waals surface area (Å²) in [6.07, 6.45) is 16.0. The van der Waals surface area contributed by atoms with Crippen molar-refractivity contribution in [2.45, 2.75) is 83.7 Å². The van der Waals surface area contributed by atoms with Gasteiger partial charge in [-0.3, -0.25) is 0 Å². The third-order valence-corrected chi connectivity index (χ3v) is 6.90. The van der Waals surface area contributed by atoms with Gasteiger partial charge in [-0.2, -0.15) is 0 Å². The molecule has 0 spiro atoms. The van der Waals surface area contributed by atoms with Crippen molar-refractivity contribution in [1.29, 1.82) is 0 Å². The largest absolute Gasteiger partial charge is 0.377 e. The smallest absolute Gasteiger partial charge is 0.0716 e.